The summed E-state index contributed by atoms with van der Waals surface area (Å²) < 4.78 is 0. The number of piperazine rings is 1. The highest BCUT2D eigenvalue weighted by Gasteiger charge is 2.17. The maximum absolute atomic E-state index is 11.3. The van der Waals surface area contributed by atoms with Crippen LogP contribution < -0.4 is 10.2 Å². The van der Waals surface area contributed by atoms with Crippen molar-refractivity contribution in [2.45, 2.75) is 0 Å². The van der Waals surface area contributed by atoms with E-state index in [0.717, 1.165) is 31.7 Å². The Morgan fingerprint density at radius 1 is 1.14 bits per heavy atom. The van der Waals surface area contributed by atoms with E-state index in [9.17, 15) is 9.90 Å². The first kappa shape index (κ1) is 13.5. The van der Waals surface area contributed by atoms with Crippen LogP contribution in [0.4, 0.5) is 5.82 Å². The van der Waals surface area contributed by atoms with Gasteiger partial charge in [0.2, 0.25) is 0 Å². The van der Waals surface area contributed by atoms with Crippen LogP contribution in [0.1, 0.15) is 10.5 Å². The molecule has 0 unspecified atom stereocenters. The Hall–Kier alpha value is -2.47. The van der Waals surface area contributed by atoms with Crippen LogP contribution in [0.2, 0.25) is 0 Å². The van der Waals surface area contributed by atoms with E-state index in [1.54, 1.807) is 6.07 Å². The van der Waals surface area contributed by atoms with Gasteiger partial charge < -0.3 is 15.3 Å². The molecule has 0 aliphatic carbocycles. The lowest BCUT2D eigenvalue weighted by Gasteiger charge is -2.28. The van der Waals surface area contributed by atoms with Crippen LogP contribution in [-0.4, -0.2) is 47.2 Å². The average molecular weight is 284 g/mol. The smallest absolute Gasteiger partial charge is 0.354 e. The molecule has 1 saturated heterocycles. The standard InChI is InChI=1S/C15H16N4O2/c20-15(21)12-10-13(19-8-6-16-7-9-19)18-14(17-12)11-4-2-1-3-5-11/h1-5,10,16H,6-9H2,(H,20,21). The molecular weight excluding hydrogens is 268 g/mol. The monoisotopic (exact) mass is 284 g/mol. The third-order valence-electron chi connectivity index (χ3n) is 3.40. The lowest BCUT2D eigenvalue weighted by molar-refractivity contribution is 0.0690. The van der Waals surface area contributed by atoms with Crippen molar-refractivity contribution < 1.29 is 9.90 Å². The van der Waals surface area contributed by atoms with Crippen LogP contribution in [-0.2, 0) is 0 Å². The van der Waals surface area contributed by atoms with Gasteiger partial charge in [-0.1, -0.05) is 30.3 Å². The minimum Gasteiger partial charge on any atom is -0.477 e. The molecule has 6 heteroatoms. The molecule has 0 saturated carbocycles. The van der Waals surface area contributed by atoms with Crippen molar-refractivity contribution in [1.29, 1.82) is 0 Å². The number of carboxylic acid groups (broad SMARTS) is 1. The van der Waals surface area contributed by atoms with E-state index in [1.165, 1.54) is 0 Å². The number of hydrogen-bond acceptors (Lipinski definition) is 5. The summed E-state index contributed by atoms with van der Waals surface area (Å²) in [4.78, 5) is 22.1. The lowest BCUT2D eigenvalue weighted by atomic mass is 10.2. The van der Waals surface area contributed by atoms with E-state index in [4.69, 9.17) is 0 Å². The van der Waals surface area contributed by atoms with Gasteiger partial charge >= 0.3 is 5.97 Å². The normalized spacial score (nSPS) is 15.0. The maximum Gasteiger partial charge on any atom is 0.354 e. The largest absolute Gasteiger partial charge is 0.477 e. The van der Waals surface area contributed by atoms with E-state index < -0.39 is 5.97 Å². The van der Waals surface area contributed by atoms with Gasteiger partial charge in [-0.25, -0.2) is 14.8 Å². The number of nitrogens with zero attached hydrogens (tertiary/aromatic N) is 3. The summed E-state index contributed by atoms with van der Waals surface area (Å²) in [5.74, 6) is 0.0813. The zero-order chi connectivity index (χ0) is 14.7. The van der Waals surface area contributed by atoms with Gasteiger partial charge in [0.05, 0.1) is 0 Å². The highest BCUT2D eigenvalue weighted by Crippen LogP contribution is 2.20. The molecule has 0 spiro atoms. The van der Waals surface area contributed by atoms with Gasteiger partial charge in [0.25, 0.3) is 0 Å². The first-order chi connectivity index (χ1) is 10.2. The average Bonchev–Trinajstić information content (AvgIpc) is 2.56. The molecule has 21 heavy (non-hydrogen) atoms. The van der Waals surface area contributed by atoms with Gasteiger partial charge in [0.15, 0.2) is 11.5 Å². The van der Waals surface area contributed by atoms with Crippen LogP contribution in [0.25, 0.3) is 11.4 Å². The predicted octanol–water partition coefficient (Wildman–Crippen LogP) is 1.25. The van der Waals surface area contributed by atoms with Crippen LogP contribution in [0.3, 0.4) is 0 Å². The third kappa shape index (κ3) is 3.00. The van der Waals surface area contributed by atoms with E-state index in [-0.39, 0.29) is 5.69 Å². The molecule has 0 amide bonds. The topological polar surface area (TPSA) is 78.4 Å². The molecule has 6 nitrogen and oxygen atoms in total. The van der Waals surface area contributed by atoms with Gasteiger partial charge in [0.1, 0.15) is 5.82 Å². The maximum atomic E-state index is 11.3. The molecule has 1 aromatic carbocycles. The Kier molecular flexibility index (Phi) is 3.79. The predicted molar refractivity (Wildman–Crippen MR) is 79.5 cm³/mol. The number of hydrogen-bond donors (Lipinski definition) is 2. The molecule has 1 aliphatic heterocycles. The molecule has 1 aromatic heterocycles. The number of aromatic nitrogens is 2. The summed E-state index contributed by atoms with van der Waals surface area (Å²) in [5.41, 5.74) is 0.842. The minimum absolute atomic E-state index is 0.0254. The Morgan fingerprint density at radius 3 is 2.52 bits per heavy atom. The minimum atomic E-state index is -1.04. The van der Waals surface area contributed by atoms with Crippen molar-refractivity contribution in [3.8, 4) is 11.4 Å². The van der Waals surface area contributed by atoms with Gasteiger partial charge in [-0.2, -0.15) is 0 Å². The van der Waals surface area contributed by atoms with Crippen LogP contribution in [0.5, 0.6) is 0 Å². The highest BCUT2D eigenvalue weighted by molar-refractivity contribution is 5.87. The molecule has 108 valence electrons. The fraction of sp³-hybridized carbons (Fsp3) is 0.267. The first-order valence-corrected chi connectivity index (χ1v) is 6.87. The molecule has 2 heterocycles. The second kappa shape index (κ2) is 5.88. The SMILES string of the molecule is O=C(O)c1cc(N2CCNCC2)nc(-c2ccccc2)n1. The molecule has 0 radical (unpaired) electrons. The molecule has 2 aromatic rings. The Balaban J connectivity index is 2.03. The summed E-state index contributed by atoms with van der Waals surface area (Å²) in [6.45, 7) is 3.36. The van der Waals surface area contributed by atoms with Crippen LogP contribution in [0, 0.1) is 0 Å². The summed E-state index contributed by atoms with van der Waals surface area (Å²) in [6, 6.07) is 11.0. The van der Waals surface area contributed by atoms with Gasteiger partial charge in [-0.3, -0.25) is 0 Å². The van der Waals surface area contributed by atoms with Crippen molar-refractivity contribution in [1.82, 2.24) is 15.3 Å². The van der Waals surface area contributed by atoms with Crippen molar-refractivity contribution >= 4 is 11.8 Å². The quantitative estimate of drug-likeness (QED) is 0.883. The van der Waals surface area contributed by atoms with Gasteiger partial charge in [0, 0.05) is 37.8 Å². The summed E-state index contributed by atoms with van der Waals surface area (Å²) in [5, 5.41) is 12.5. The Bertz CT molecular complexity index is 639. The molecule has 3 rings (SSSR count). The number of anilines is 1. The zero-order valence-electron chi connectivity index (χ0n) is 11.5. The molecule has 0 bridgehead atoms. The number of carbonyl (C=O) groups is 1. The summed E-state index contributed by atoms with van der Waals surface area (Å²) in [7, 11) is 0. The van der Waals surface area contributed by atoms with E-state index in [2.05, 4.69) is 20.2 Å². The Labute approximate surface area is 122 Å². The number of benzene rings is 1. The van der Waals surface area contributed by atoms with Gasteiger partial charge in [-0.15, -0.1) is 0 Å². The molecule has 1 aliphatic rings. The molecular formula is C15H16N4O2. The Morgan fingerprint density at radius 2 is 1.86 bits per heavy atom. The number of nitrogens with one attached hydrogen (secondary N) is 1. The number of rotatable bonds is 3. The second-order valence-corrected chi connectivity index (χ2v) is 4.84. The van der Waals surface area contributed by atoms with Crippen LogP contribution in [0.15, 0.2) is 36.4 Å². The van der Waals surface area contributed by atoms with Gasteiger partial charge in [-0.05, 0) is 0 Å². The van der Waals surface area contributed by atoms with Crippen molar-refractivity contribution in [2.24, 2.45) is 0 Å². The zero-order valence-corrected chi connectivity index (χ0v) is 11.5. The second-order valence-electron chi connectivity index (χ2n) is 4.84. The van der Waals surface area contributed by atoms with E-state index in [1.807, 2.05) is 30.3 Å². The highest BCUT2D eigenvalue weighted by atomic mass is 16.4. The molecule has 2 N–H and O–H groups in total. The lowest BCUT2D eigenvalue weighted by Crippen LogP contribution is -2.44. The van der Waals surface area contributed by atoms with Crippen LogP contribution >= 0.6 is 0 Å². The first-order valence-electron chi connectivity index (χ1n) is 6.87. The summed E-state index contributed by atoms with van der Waals surface area (Å²) >= 11 is 0. The summed E-state index contributed by atoms with van der Waals surface area (Å²) in [6.07, 6.45) is 0. The van der Waals surface area contributed by atoms with Crippen molar-refractivity contribution in [2.75, 3.05) is 31.1 Å². The van der Waals surface area contributed by atoms with Crippen molar-refractivity contribution in [3.63, 3.8) is 0 Å². The number of aromatic carboxylic acids is 1. The van der Waals surface area contributed by atoms with Crippen molar-refractivity contribution in [3.05, 3.63) is 42.1 Å². The van der Waals surface area contributed by atoms with E-state index in [0.29, 0.717) is 11.6 Å². The fourth-order valence-electron chi connectivity index (χ4n) is 2.32. The fourth-order valence-corrected chi connectivity index (χ4v) is 2.32. The third-order valence-corrected chi connectivity index (χ3v) is 3.40. The molecule has 0 atom stereocenters. The number of carboxylic acids is 1. The van der Waals surface area contributed by atoms with E-state index >= 15 is 0 Å². The molecule has 1 fully saturated rings.